The van der Waals surface area contributed by atoms with Gasteiger partial charge in [-0.1, -0.05) is 31.1 Å². The van der Waals surface area contributed by atoms with E-state index in [9.17, 15) is 9.18 Å². The predicted octanol–water partition coefficient (Wildman–Crippen LogP) is 3.80. The number of carbonyl (C=O) groups is 1. The number of hydrogen-bond donors (Lipinski definition) is 1. The maximum atomic E-state index is 13.0. The first-order valence-corrected chi connectivity index (χ1v) is 10.8. The molecule has 8 heteroatoms. The van der Waals surface area contributed by atoms with E-state index in [-0.39, 0.29) is 18.1 Å². The summed E-state index contributed by atoms with van der Waals surface area (Å²) < 4.78 is 18.4. The first kappa shape index (κ1) is 21.2. The highest BCUT2D eigenvalue weighted by molar-refractivity contribution is 5.88. The highest BCUT2D eigenvalue weighted by atomic mass is 19.1. The average Bonchev–Trinajstić information content (AvgIpc) is 3.11. The Bertz CT molecular complexity index is 1060. The molecule has 3 aromatic rings. The molecule has 0 radical (unpaired) electrons. The summed E-state index contributed by atoms with van der Waals surface area (Å²) in [5.41, 5.74) is 2.09. The van der Waals surface area contributed by atoms with Crippen LogP contribution in [0.5, 0.6) is 0 Å². The molecule has 1 saturated heterocycles. The van der Waals surface area contributed by atoms with Crippen LogP contribution in [0, 0.1) is 24.6 Å². The Balaban J connectivity index is 1.46. The van der Waals surface area contributed by atoms with Crippen LogP contribution in [0.25, 0.3) is 11.1 Å². The molecule has 2 atom stereocenters. The molecule has 31 heavy (non-hydrogen) atoms. The van der Waals surface area contributed by atoms with Gasteiger partial charge in [-0.2, -0.15) is 4.98 Å². The second-order valence-electron chi connectivity index (χ2n) is 8.67. The average molecular weight is 426 g/mol. The van der Waals surface area contributed by atoms with Crippen LogP contribution in [0.2, 0.25) is 0 Å². The van der Waals surface area contributed by atoms with Crippen molar-refractivity contribution in [3.63, 3.8) is 0 Å². The second kappa shape index (κ2) is 8.99. The summed E-state index contributed by atoms with van der Waals surface area (Å²) >= 11 is 0. The molecule has 1 fully saturated rings. The highest BCUT2D eigenvalue weighted by Crippen LogP contribution is 2.31. The third-order valence-electron chi connectivity index (χ3n) is 5.68. The van der Waals surface area contributed by atoms with E-state index in [1.165, 1.54) is 18.6 Å². The van der Waals surface area contributed by atoms with Gasteiger partial charge in [-0.25, -0.2) is 9.37 Å². The summed E-state index contributed by atoms with van der Waals surface area (Å²) in [5.74, 6) is 2.18. The number of halogens is 1. The van der Waals surface area contributed by atoms with Crippen molar-refractivity contribution < 1.29 is 13.7 Å². The van der Waals surface area contributed by atoms with Crippen LogP contribution in [0.4, 0.5) is 10.2 Å². The quantitative estimate of drug-likeness (QED) is 0.647. The predicted molar refractivity (Wildman–Crippen MR) is 116 cm³/mol. The highest BCUT2D eigenvalue weighted by Gasteiger charge is 2.27. The lowest BCUT2D eigenvalue weighted by Gasteiger charge is -2.36. The molecular formula is C23H28FN5O2. The molecule has 0 saturated carbocycles. The van der Waals surface area contributed by atoms with Crippen molar-refractivity contribution in [2.45, 2.75) is 46.6 Å². The number of hydrogen-bond acceptors (Lipinski definition) is 6. The molecule has 3 heterocycles. The molecule has 1 aromatic carbocycles. The van der Waals surface area contributed by atoms with Gasteiger partial charge in [0.25, 0.3) is 5.71 Å². The van der Waals surface area contributed by atoms with E-state index in [0.29, 0.717) is 36.3 Å². The molecule has 2 aromatic heterocycles. The third-order valence-corrected chi connectivity index (χ3v) is 5.68. The Morgan fingerprint density at radius 1 is 1.19 bits per heavy atom. The zero-order valence-electron chi connectivity index (χ0n) is 18.2. The van der Waals surface area contributed by atoms with E-state index < -0.39 is 0 Å². The molecule has 0 spiro atoms. The monoisotopic (exact) mass is 425 g/mol. The standard InChI is InChI=1S/C23H28FN5O2/c1-14-10-15(2)13-29(12-14)22-21-16(3)28-31-23(21)27-19(26-22)8-9-20(30)25-11-17-4-6-18(24)7-5-17/h4-7,14-15H,8-13H2,1-3H3,(H,25,30)/t14-,15-/m0/s1. The fourth-order valence-electron chi connectivity index (χ4n) is 4.30. The molecule has 1 aliphatic heterocycles. The maximum Gasteiger partial charge on any atom is 0.263 e. The van der Waals surface area contributed by atoms with Crippen LogP contribution in [0.1, 0.15) is 43.8 Å². The van der Waals surface area contributed by atoms with Gasteiger partial charge in [0.05, 0.1) is 5.69 Å². The molecule has 7 nitrogen and oxygen atoms in total. The molecule has 1 amide bonds. The number of anilines is 1. The van der Waals surface area contributed by atoms with Crippen molar-refractivity contribution in [3.05, 3.63) is 47.2 Å². The molecular weight excluding hydrogens is 397 g/mol. The number of fused-ring (bicyclic) bond motifs is 1. The summed E-state index contributed by atoms with van der Waals surface area (Å²) in [6.45, 7) is 8.63. The molecule has 164 valence electrons. The van der Waals surface area contributed by atoms with Gasteiger partial charge in [-0.05, 0) is 42.9 Å². The number of rotatable bonds is 6. The van der Waals surface area contributed by atoms with E-state index in [1.807, 2.05) is 6.92 Å². The summed E-state index contributed by atoms with van der Waals surface area (Å²) in [6, 6.07) is 6.08. The number of piperidine rings is 1. The topological polar surface area (TPSA) is 84.1 Å². The normalized spacial score (nSPS) is 19.0. The van der Waals surface area contributed by atoms with E-state index in [0.717, 1.165) is 35.6 Å². The van der Waals surface area contributed by atoms with Crippen LogP contribution in [0.3, 0.4) is 0 Å². The zero-order valence-corrected chi connectivity index (χ0v) is 18.2. The van der Waals surface area contributed by atoms with Gasteiger partial charge in [-0.3, -0.25) is 4.79 Å². The zero-order chi connectivity index (χ0) is 22.0. The van der Waals surface area contributed by atoms with Gasteiger partial charge in [0, 0.05) is 32.5 Å². The van der Waals surface area contributed by atoms with Gasteiger partial charge in [0.15, 0.2) is 0 Å². The SMILES string of the molecule is Cc1noc2nc(CCC(=O)NCc3ccc(F)cc3)nc(N3C[C@@H](C)C[C@H](C)C3)c12. The van der Waals surface area contributed by atoms with Gasteiger partial charge in [0.1, 0.15) is 22.8 Å². The number of nitrogens with zero attached hydrogens (tertiary/aromatic N) is 4. The fourth-order valence-corrected chi connectivity index (χ4v) is 4.30. The fraction of sp³-hybridized carbons (Fsp3) is 0.478. The molecule has 4 rings (SSSR count). The van der Waals surface area contributed by atoms with Crippen LogP contribution in [0.15, 0.2) is 28.8 Å². The molecule has 0 unspecified atom stereocenters. The Morgan fingerprint density at radius 3 is 2.61 bits per heavy atom. The van der Waals surface area contributed by atoms with E-state index >= 15 is 0 Å². The van der Waals surface area contributed by atoms with Crippen molar-refractivity contribution in [3.8, 4) is 0 Å². The Morgan fingerprint density at radius 2 is 1.90 bits per heavy atom. The first-order valence-electron chi connectivity index (χ1n) is 10.8. The molecule has 0 aliphatic carbocycles. The lowest BCUT2D eigenvalue weighted by molar-refractivity contribution is -0.121. The van der Waals surface area contributed by atoms with Crippen LogP contribution < -0.4 is 10.2 Å². The lowest BCUT2D eigenvalue weighted by atomic mass is 9.92. The van der Waals surface area contributed by atoms with Crippen molar-refractivity contribution in [1.82, 2.24) is 20.4 Å². The van der Waals surface area contributed by atoms with Crippen molar-refractivity contribution in [2.24, 2.45) is 11.8 Å². The molecule has 1 N–H and O–H groups in total. The summed E-state index contributed by atoms with van der Waals surface area (Å²) in [6.07, 6.45) is 1.86. The minimum Gasteiger partial charge on any atom is -0.355 e. The number of nitrogens with one attached hydrogen (secondary N) is 1. The first-order chi connectivity index (χ1) is 14.9. The summed E-state index contributed by atoms with van der Waals surface area (Å²) in [4.78, 5) is 23.9. The number of benzene rings is 1. The summed E-state index contributed by atoms with van der Waals surface area (Å²) in [7, 11) is 0. The lowest BCUT2D eigenvalue weighted by Crippen LogP contribution is -2.39. The number of aryl methyl sites for hydroxylation is 2. The van der Waals surface area contributed by atoms with Gasteiger partial charge >= 0.3 is 0 Å². The number of aromatic nitrogens is 3. The Hall–Kier alpha value is -3.03. The van der Waals surface area contributed by atoms with Crippen molar-refractivity contribution in [1.29, 1.82) is 0 Å². The third kappa shape index (κ3) is 5.00. The molecule has 1 aliphatic rings. The largest absolute Gasteiger partial charge is 0.355 e. The van der Waals surface area contributed by atoms with E-state index in [4.69, 9.17) is 9.51 Å². The smallest absolute Gasteiger partial charge is 0.263 e. The second-order valence-corrected chi connectivity index (χ2v) is 8.67. The minimum absolute atomic E-state index is 0.108. The Labute approximate surface area is 181 Å². The van der Waals surface area contributed by atoms with Crippen LogP contribution >= 0.6 is 0 Å². The van der Waals surface area contributed by atoms with Crippen molar-refractivity contribution in [2.75, 3.05) is 18.0 Å². The maximum absolute atomic E-state index is 13.0. The van der Waals surface area contributed by atoms with Gasteiger partial charge < -0.3 is 14.7 Å². The minimum atomic E-state index is -0.293. The summed E-state index contributed by atoms with van der Waals surface area (Å²) in [5, 5.41) is 7.79. The van der Waals surface area contributed by atoms with Crippen LogP contribution in [-0.2, 0) is 17.8 Å². The Kier molecular flexibility index (Phi) is 6.15. The van der Waals surface area contributed by atoms with E-state index in [2.05, 4.69) is 34.2 Å². The molecule has 0 bridgehead atoms. The van der Waals surface area contributed by atoms with E-state index in [1.54, 1.807) is 12.1 Å². The number of carbonyl (C=O) groups excluding carboxylic acids is 1. The van der Waals surface area contributed by atoms with Gasteiger partial charge in [-0.15, -0.1) is 0 Å². The van der Waals surface area contributed by atoms with Gasteiger partial charge in [0.2, 0.25) is 5.91 Å². The number of amides is 1. The van der Waals surface area contributed by atoms with Crippen LogP contribution in [-0.4, -0.2) is 34.1 Å². The van der Waals surface area contributed by atoms with Crippen molar-refractivity contribution >= 4 is 22.8 Å².